The summed E-state index contributed by atoms with van der Waals surface area (Å²) < 4.78 is 5.79. The average molecular weight is 248 g/mol. The molecule has 0 spiro atoms. The second-order valence-corrected chi connectivity index (χ2v) is 5.32. The Bertz CT molecular complexity index is 499. The van der Waals surface area contributed by atoms with Crippen molar-refractivity contribution in [2.75, 3.05) is 0 Å². The van der Waals surface area contributed by atoms with Crippen molar-refractivity contribution >= 4 is 11.3 Å². The van der Waals surface area contributed by atoms with E-state index in [0.717, 1.165) is 24.6 Å². The lowest BCUT2D eigenvalue weighted by molar-refractivity contribution is 0.477. The van der Waals surface area contributed by atoms with Gasteiger partial charge in [0.05, 0.1) is 17.6 Å². The number of aryl methyl sites for hydroxylation is 1. The molecule has 0 amide bonds. The smallest absolute Gasteiger partial charge is 0.208 e. The first kappa shape index (κ1) is 11.0. The van der Waals surface area contributed by atoms with Gasteiger partial charge in [0.25, 0.3) is 0 Å². The van der Waals surface area contributed by atoms with Gasteiger partial charge in [-0.2, -0.15) is 0 Å². The highest BCUT2D eigenvalue weighted by Gasteiger charge is 2.21. The highest BCUT2D eigenvalue weighted by atomic mass is 32.1. The van der Waals surface area contributed by atoms with E-state index in [4.69, 9.17) is 4.42 Å². The SMILES string of the molecule is CCc1ccsc1-c1cnc(CNC2CC2)o1. The molecular weight excluding hydrogens is 232 g/mol. The van der Waals surface area contributed by atoms with Gasteiger partial charge >= 0.3 is 0 Å². The van der Waals surface area contributed by atoms with E-state index in [-0.39, 0.29) is 0 Å². The monoisotopic (exact) mass is 248 g/mol. The van der Waals surface area contributed by atoms with E-state index in [0.29, 0.717) is 6.04 Å². The van der Waals surface area contributed by atoms with Crippen LogP contribution in [0.1, 0.15) is 31.2 Å². The van der Waals surface area contributed by atoms with Crippen molar-refractivity contribution in [3.05, 3.63) is 29.1 Å². The maximum Gasteiger partial charge on any atom is 0.208 e. The number of rotatable bonds is 5. The predicted molar refractivity (Wildman–Crippen MR) is 69.1 cm³/mol. The molecule has 4 heteroatoms. The lowest BCUT2D eigenvalue weighted by Gasteiger charge is -1.98. The molecule has 1 fully saturated rings. The van der Waals surface area contributed by atoms with E-state index < -0.39 is 0 Å². The molecule has 90 valence electrons. The minimum absolute atomic E-state index is 0.693. The molecule has 0 radical (unpaired) electrons. The summed E-state index contributed by atoms with van der Waals surface area (Å²) in [7, 11) is 0. The molecule has 0 unspecified atom stereocenters. The summed E-state index contributed by atoms with van der Waals surface area (Å²) in [5.74, 6) is 1.70. The van der Waals surface area contributed by atoms with Gasteiger partial charge in [-0.15, -0.1) is 11.3 Å². The van der Waals surface area contributed by atoms with Crippen LogP contribution in [0, 0.1) is 0 Å². The molecule has 3 nitrogen and oxygen atoms in total. The fourth-order valence-electron chi connectivity index (χ4n) is 1.85. The van der Waals surface area contributed by atoms with E-state index in [9.17, 15) is 0 Å². The molecule has 1 aliphatic rings. The minimum atomic E-state index is 0.693. The first-order valence-corrected chi connectivity index (χ1v) is 6.99. The van der Waals surface area contributed by atoms with Gasteiger partial charge < -0.3 is 9.73 Å². The lowest BCUT2D eigenvalue weighted by Crippen LogP contribution is -2.15. The van der Waals surface area contributed by atoms with Gasteiger partial charge in [0.15, 0.2) is 5.76 Å². The maximum absolute atomic E-state index is 5.79. The zero-order valence-electron chi connectivity index (χ0n) is 9.90. The number of aromatic nitrogens is 1. The maximum atomic E-state index is 5.79. The molecule has 0 atom stereocenters. The predicted octanol–water partition coefficient (Wildman–Crippen LogP) is 3.22. The van der Waals surface area contributed by atoms with Crippen LogP contribution >= 0.6 is 11.3 Å². The van der Waals surface area contributed by atoms with Crippen molar-refractivity contribution in [3.63, 3.8) is 0 Å². The van der Waals surface area contributed by atoms with Crippen molar-refractivity contribution in [1.82, 2.24) is 10.3 Å². The Labute approximate surface area is 105 Å². The highest BCUT2D eigenvalue weighted by molar-refractivity contribution is 7.13. The van der Waals surface area contributed by atoms with Crippen LogP contribution in [-0.4, -0.2) is 11.0 Å². The molecule has 1 aliphatic carbocycles. The molecule has 0 saturated heterocycles. The van der Waals surface area contributed by atoms with Crippen molar-refractivity contribution in [3.8, 4) is 10.6 Å². The lowest BCUT2D eigenvalue weighted by atomic mass is 10.2. The first-order chi connectivity index (χ1) is 8.36. The Morgan fingerprint density at radius 3 is 3.18 bits per heavy atom. The Hall–Kier alpha value is -1.13. The van der Waals surface area contributed by atoms with Gasteiger partial charge in [0.1, 0.15) is 0 Å². The summed E-state index contributed by atoms with van der Waals surface area (Å²) in [6.45, 7) is 2.91. The molecule has 2 heterocycles. The zero-order valence-corrected chi connectivity index (χ0v) is 10.7. The van der Waals surface area contributed by atoms with Gasteiger partial charge in [-0.25, -0.2) is 4.98 Å². The van der Waals surface area contributed by atoms with Crippen LogP contribution < -0.4 is 5.32 Å². The van der Waals surface area contributed by atoms with Gasteiger partial charge in [0.2, 0.25) is 5.89 Å². The molecule has 1 N–H and O–H groups in total. The quantitative estimate of drug-likeness (QED) is 0.883. The molecule has 2 aromatic heterocycles. The summed E-state index contributed by atoms with van der Waals surface area (Å²) in [6.07, 6.45) is 5.46. The Morgan fingerprint density at radius 2 is 2.41 bits per heavy atom. The summed E-state index contributed by atoms with van der Waals surface area (Å²) in [5.41, 5.74) is 1.34. The number of oxazole rings is 1. The highest BCUT2D eigenvalue weighted by Crippen LogP contribution is 2.30. The second kappa shape index (κ2) is 4.63. The normalized spacial score (nSPS) is 15.4. The third kappa shape index (κ3) is 2.42. The Balaban J connectivity index is 1.74. The van der Waals surface area contributed by atoms with Crippen LogP contribution in [0.25, 0.3) is 10.6 Å². The molecule has 2 aromatic rings. The Morgan fingerprint density at radius 1 is 1.53 bits per heavy atom. The van der Waals surface area contributed by atoms with E-state index >= 15 is 0 Å². The molecule has 1 saturated carbocycles. The molecular formula is C13H16N2OS. The number of thiophene rings is 1. The van der Waals surface area contributed by atoms with E-state index in [1.54, 1.807) is 11.3 Å². The number of hydrogen-bond donors (Lipinski definition) is 1. The summed E-state index contributed by atoms with van der Waals surface area (Å²) in [5, 5.41) is 5.52. The number of hydrogen-bond acceptors (Lipinski definition) is 4. The third-order valence-corrected chi connectivity index (χ3v) is 4.00. The van der Waals surface area contributed by atoms with Crippen molar-refractivity contribution < 1.29 is 4.42 Å². The summed E-state index contributed by atoms with van der Waals surface area (Å²) in [4.78, 5) is 5.54. The van der Waals surface area contributed by atoms with E-state index in [2.05, 4.69) is 28.7 Å². The van der Waals surface area contributed by atoms with Crippen LogP contribution in [0.5, 0.6) is 0 Å². The Kier molecular flexibility index (Phi) is 2.99. The largest absolute Gasteiger partial charge is 0.438 e. The van der Waals surface area contributed by atoms with Crippen molar-refractivity contribution in [1.29, 1.82) is 0 Å². The van der Waals surface area contributed by atoms with Crippen LogP contribution in [0.3, 0.4) is 0 Å². The summed E-state index contributed by atoms with van der Waals surface area (Å²) >= 11 is 1.72. The second-order valence-electron chi connectivity index (χ2n) is 4.40. The van der Waals surface area contributed by atoms with Crippen LogP contribution in [0.15, 0.2) is 22.1 Å². The first-order valence-electron chi connectivity index (χ1n) is 6.11. The average Bonchev–Trinajstić information content (AvgIpc) is 2.89. The van der Waals surface area contributed by atoms with Crippen LogP contribution in [0.2, 0.25) is 0 Å². The van der Waals surface area contributed by atoms with Gasteiger partial charge in [0, 0.05) is 6.04 Å². The fraction of sp³-hybridized carbons (Fsp3) is 0.462. The number of nitrogens with zero attached hydrogens (tertiary/aromatic N) is 1. The van der Waals surface area contributed by atoms with Crippen molar-refractivity contribution in [2.24, 2.45) is 0 Å². The molecule has 0 aromatic carbocycles. The molecule has 0 aliphatic heterocycles. The molecule has 3 rings (SSSR count). The van der Waals surface area contributed by atoms with Gasteiger partial charge in [-0.3, -0.25) is 0 Å². The van der Waals surface area contributed by atoms with Crippen LogP contribution in [-0.2, 0) is 13.0 Å². The number of nitrogens with one attached hydrogen (secondary N) is 1. The zero-order chi connectivity index (χ0) is 11.7. The molecule has 17 heavy (non-hydrogen) atoms. The third-order valence-electron chi connectivity index (χ3n) is 3.02. The fourth-order valence-corrected chi connectivity index (χ4v) is 2.79. The van der Waals surface area contributed by atoms with E-state index in [1.807, 2.05) is 6.20 Å². The van der Waals surface area contributed by atoms with Gasteiger partial charge in [-0.05, 0) is 36.3 Å². The summed E-state index contributed by atoms with van der Waals surface area (Å²) in [6, 6.07) is 2.85. The minimum Gasteiger partial charge on any atom is -0.438 e. The topological polar surface area (TPSA) is 38.1 Å². The van der Waals surface area contributed by atoms with Crippen LogP contribution in [0.4, 0.5) is 0 Å². The van der Waals surface area contributed by atoms with Gasteiger partial charge in [-0.1, -0.05) is 6.92 Å². The van der Waals surface area contributed by atoms with E-state index in [1.165, 1.54) is 23.3 Å². The molecule has 0 bridgehead atoms. The standard InChI is InChI=1S/C13H16N2OS/c1-2-9-5-6-17-13(9)11-7-15-12(16-11)8-14-10-3-4-10/h5-7,10,14H,2-4,8H2,1H3. The van der Waals surface area contributed by atoms with Crippen molar-refractivity contribution in [2.45, 2.75) is 38.8 Å².